The Morgan fingerprint density at radius 1 is 1.03 bits per heavy atom. The monoisotopic (exact) mass is 464 g/mol. The van der Waals surface area contributed by atoms with E-state index in [1.165, 1.54) is 16.0 Å². The van der Waals surface area contributed by atoms with Gasteiger partial charge in [0.25, 0.3) is 0 Å². The number of carboxylic acid groups (broad SMARTS) is 1. The molecule has 0 amide bonds. The first kappa shape index (κ1) is 22.2. The van der Waals surface area contributed by atoms with Crippen molar-refractivity contribution in [3.8, 4) is 27.5 Å². The number of rotatable bonds is 6. The molecule has 1 N–H and O–H groups in total. The smallest absolute Gasteiger partial charge is 0.355 e. The average molecular weight is 465 g/mol. The second-order valence-corrected chi connectivity index (χ2v) is 10.7. The van der Waals surface area contributed by atoms with Crippen LogP contribution in [0.5, 0.6) is 0 Å². The molecule has 32 heavy (non-hydrogen) atoms. The zero-order valence-corrected chi connectivity index (χ0v) is 20.2. The lowest BCUT2D eigenvalue weighted by Gasteiger charge is -2.06. The molecule has 3 aromatic heterocycles. The summed E-state index contributed by atoms with van der Waals surface area (Å²) in [5.74, 6) is -1.04. The summed E-state index contributed by atoms with van der Waals surface area (Å²) in [7, 11) is 0. The molecule has 0 aliphatic carbocycles. The highest BCUT2D eigenvalue weighted by Gasteiger charge is 2.27. The zero-order chi connectivity index (χ0) is 23.0. The Kier molecular flexibility index (Phi) is 6.17. The van der Waals surface area contributed by atoms with E-state index in [2.05, 4.69) is 23.9 Å². The number of aryl methyl sites for hydroxylation is 3. The van der Waals surface area contributed by atoms with E-state index in [4.69, 9.17) is 4.98 Å². The van der Waals surface area contributed by atoms with Gasteiger partial charge < -0.3 is 5.11 Å². The third-order valence-corrected chi connectivity index (χ3v) is 7.03. The van der Waals surface area contributed by atoms with Crippen LogP contribution in [-0.2, 0) is 0 Å². The van der Waals surface area contributed by atoms with Crippen LogP contribution in [0.4, 0.5) is 0 Å². The summed E-state index contributed by atoms with van der Waals surface area (Å²) < 4.78 is 2.52. The minimum Gasteiger partial charge on any atom is -0.476 e. The van der Waals surface area contributed by atoms with Crippen LogP contribution in [0, 0.1) is 20.8 Å². The molecule has 6 nitrogen and oxygen atoms in total. The number of aromatic carboxylic acids is 1. The van der Waals surface area contributed by atoms with E-state index in [0.717, 1.165) is 32.4 Å². The van der Waals surface area contributed by atoms with Crippen molar-refractivity contribution < 1.29 is 9.90 Å². The molecule has 0 aliphatic heterocycles. The van der Waals surface area contributed by atoms with Crippen molar-refractivity contribution >= 4 is 29.1 Å². The van der Waals surface area contributed by atoms with Gasteiger partial charge in [0.05, 0.1) is 15.6 Å². The first-order valence-electron chi connectivity index (χ1n) is 10.3. The highest BCUT2D eigenvalue weighted by molar-refractivity contribution is 8.01. The van der Waals surface area contributed by atoms with Gasteiger partial charge in [-0.05, 0) is 38.5 Å². The molecule has 3 heterocycles. The van der Waals surface area contributed by atoms with Crippen molar-refractivity contribution in [2.45, 2.75) is 44.1 Å². The fourth-order valence-electron chi connectivity index (χ4n) is 3.65. The topological polar surface area (TPSA) is 80.9 Å². The number of carboxylic acids is 1. The van der Waals surface area contributed by atoms with Crippen molar-refractivity contribution in [2.24, 2.45) is 0 Å². The van der Waals surface area contributed by atoms with Crippen molar-refractivity contribution in [2.75, 3.05) is 0 Å². The molecule has 8 heteroatoms. The fourth-order valence-corrected chi connectivity index (χ4v) is 6.12. The van der Waals surface area contributed by atoms with Gasteiger partial charge in [-0.3, -0.25) is 4.98 Å². The second kappa shape index (κ2) is 8.88. The Morgan fingerprint density at radius 3 is 2.28 bits per heavy atom. The molecule has 164 valence electrons. The molecule has 0 fully saturated rings. The lowest BCUT2D eigenvalue weighted by molar-refractivity contribution is 0.0688. The zero-order valence-electron chi connectivity index (χ0n) is 18.6. The van der Waals surface area contributed by atoms with Gasteiger partial charge >= 0.3 is 5.97 Å². The molecule has 0 radical (unpaired) electrons. The number of aromatic nitrogens is 4. The van der Waals surface area contributed by atoms with Crippen molar-refractivity contribution in [1.29, 1.82) is 0 Å². The van der Waals surface area contributed by atoms with E-state index in [0.29, 0.717) is 21.6 Å². The van der Waals surface area contributed by atoms with Crippen LogP contribution in [0.2, 0.25) is 0 Å². The lowest BCUT2D eigenvalue weighted by Crippen LogP contribution is -2.09. The second-order valence-electron chi connectivity index (χ2n) is 7.83. The van der Waals surface area contributed by atoms with Gasteiger partial charge in [0, 0.05) is 27.8 Å². The highest BCUT2D eigenvalue weighted by Crippen LogP contribution is 2.40. The Balaban J connectivity index is 1.93. The van der Waals surface area contributed by atoms with Crippen LogP contribution in [0.3, 0.4) is 0 Å². The standard InChI is InChI=1S/C24H24N4O2S2/c1-13(2)31-23-20(17-9-7-6-8-10-17)26-24(32-23)28-21(22(29)30)19(16(5)27-28)18-11-14(3)25-15(4)12-18/h6-13H,1-5H3,(H,29,30). The van der Waals surface area contributed by atoms with Crippen molar-refractivity contribution in [1.82, 2.24) is 19.7 Å². The minimum atomic E-state index is -1.04. The number of thioether (sulfide) groups is 1. The Labute approximate surface area is 195 Å². The predicted molar refractivity (Wildman–Crippen MR) is 130 cm³/mol. The van der Waals surface area contributed by atoms with E-state index in [9.17, 15) is 9.90 Å². The van der Waals surface area contributed by atoms with E-state index < -0.39 is 5.97 Å². The van der Waals surface area contributed by atoms with Crippen LogP contribution >= 0.6 is 23.1 Å². The number of thiazole rings is 1. The normalized spacial score (nSPS) is 11.3. The Bertz CT molecular complexity index is 1270. The molecule has 0 spiro atoms. The predicted octanol–water partition coefficient (Wildman–Crippen LogP) is 6.18. The molecule has 0 saturated carbocycles. The summed E-state index contributed by atoms with van der Waals surface area (Å²) in [6.07, 6.45) is 0. The maximum absolute atomic E-state index is 12.4. The van der Waals surface area contributed by atoms with Crippen LogP contribution in [-0.4, -0.2) is 36.1 Å². The van der Waals surface area contributed by atoms with Crippen molar-refractivity contribution in [3.05, 3.63) is 65.2 Å². The van der Waals surface area contributed by atoms with E-state index >= 15 is 0 Å². The molecule has 4 aromatic rings. The summed E-state index contributed by atoms with van der Waals surface area (Å²) in [6.45, 7) is 9.90. The van der Waals surface area contributed by atoms with Crippen LogP contribution in [0.15, 0.2) is 46.7 Å². The largest absolute Gasteiger partial charge is 0.476 e. The summed E-state index contributed by atoms with van der Waals surface area (Å²) >= 11 is 3.19. The molecule has 1 aromatic carbocycles. The summed E-state index contributed by atoms with van der Waals surface area (Å²) in [6, 6.07) is 13.7. The van der Waals surface area contributed by atoms with Gasteiger partial charge in [0.15, 0.2) is 5.69 Å². The third kappa shape index (κ3) is 4.33. The molecule has 4 rings (SSSR count). The molecule has 0 bridgehead atoms. The molecule has 0 saturated heterocycles. The number of pyridine rings is 1. The van der Waals surface area contributed by atoms with Gasteiger partial charge in [0.1, 0.15) is 0 Å². The van der Waals surface area contributed by atoms with E-state index in [1.54, 1.807) is 11.8 Å². The number of benzene rings is 1. The molecule has 0 atom stereocenters. The van der Waals surface area contributed by atoms with Crippen LogP contribution in [0.25, 0.3) is 27.5 Å². The molecule has 0 aliphatic rings. The quantitative estimate of drug-likeness (QED) is 0.343. The van der Waals surface area contributed by atoms with Gasteiger partial charge in [0.2, 0.25) is 5.13 Å². The molecular weight excluding hydrogens is 440 g/mol. The first-order valence-corrected chi connectivity index (χ1v) is 12.0. The van der Waals surface area contributed by atoms with Gasteiger partial charge in [-0.1, -0.05) is 55.5 Å². The first-order chi connectivity index (χ1) is 15.2. The van der Waals surface area contributed by atoms with E-state index in [1.807, 2.05) is 63.2 Å². The lowest BCUT2D eigenvalue weighted by atomic mass is 10.0. The summed E-state index contributed by atoms with van der Waals surface area (Å²) in [5, 5.41) is 15.7. The Morgan fingerprint density at radius 2 is 1.69 bits per heavy atom. The van der Waals surface area contributed by atoms with Gasteiger partial charge in [-0.25, -0.2) is 9.78 Å². The van der Waals surface area contributed by atoms with Gasteiger partial charge in [-0.15, -0.1) is 11.8 Å². The number of carbonyl (C=O) groups is 1. The minimum absolute atomic E-state index is 0.113. The summed E-state index contributed by atoms with van der Waals surface area (Å²) in [4.78, 5) is 21.7. The van der Waals surface area contributed by atoms with Gasteiger partial charge in [-0.2, -0.15) is 9.78 Å². The van der Waals surface area contributed by atoms with Crippen LogP contribution in [0.1, 0.15) is 41.4 Å². The number of hydrogen-bond acceptors (Lipinski definition) is 6. The van der Waals surface area contributed by atoms with Crippen LogP contribution < -0.4 is 0 Å². The van der Waals surface area contributed by atoms with E-state index in [-0.39, 0.29) is 5.69 Å². The number of nitrogens with zero attached hydrogens (tertiary/aromatic N) is 4. The molecular formula is C24H24N4O2S2. The summed E-state index contributed by atoms with van der Waals surface area (Å²) in [5.41, 5.74) is 5.67. The average Bonchev–Trinajstić information content (AvgIpc) is 3.28. The SMILES string of the molecule is Cc1cc(-c2c(C)nn(-c3nc(-c4ccccc4)c(SC(C)C)s3)c2C(=O)O)cc(C)n1. The fraction of sp³-hybridized carbons (Fsp3) is 0.250. The number of hydrogen-bond donors (Lipinski definition) is 1. The maximum Gasteiger partial charge on any atom is 0.355 e. The third-order valence-electron chi connectivity index (χ3n) is 4.79. The maximum atomic E-state index is 12.4. The highest BCUT2D eigenvalue weighted by atomic mass is 32.2. The van der Waals surface area contributed by atoms with Crippen molar-refractivity contribution in [3.63, 3.8) is 0 Å². The molecule has 0 unspecified atom stereocenters. The Hall–Kier alpha value is -2.97.